The zero-order chi connectivity index (χ0) is 16.2. The van der Waals surface area contributed by atoms with E-state index in [-0.39, 0.29) is 0 Å². The number of nitrogens with two attached hydrogens (primary N) is 1. The first-order valence-electron chi connectivity index (χ1n) is 8.62. The van der Waals surface area contributed by atoms with Gasteiger partial charge in [-0.25, -0.2) is 4.98 Å². The van der Waals surface area contributed by atoms with E-state index in [1.807, 2.05) is 6.07 Å². The Morgan fingerprint density at radius 2 is 2.04 bits per heavy atom. The number of hydrogen-bond acceptors (Lipinski definition) is 2. The summed E-state index contributed by atoms with van der Waals surface area (Å²) in [5, 5.41) is 0. The van der Waals surface area contributed by atoms with Gasteiger partial charge in [0.15, 0.2) is 5.96 Å². The van der Waals surface area contributed by atoms with Gasteiger partial charge < -0.3 is 15.2 Å². The molecular formula is C18H27N5. The summed E-state index contributed by atoms with van der Waals surface area (Å²) < 4.78 is 2.27. The normalized spacial score (nSPS) is 17.1. The molecular weight excluding hydrogens is 286 g/mol. The van der Waals surface area contributed by atoms with Gasteiger partial charge in [-0.1, -0.05) is 19.1 Å². The Morgan fingerprint density at radius 3 is 2.83 bits per heavy atom. The topological polar surface area (TPSA) is 59.4 Å². The van der Waals surface area contributed by atoms with E-state index in [1.54, 1.807) is 0 Å². The molecule has 0 unspecified atom stereocenters. The molecule has 1 aromatic carbocycles. The van der Waals surface area contributed by atoms with Crippen molar-refractivity contribution in [3.05, 3.63) is 30.1 Å². The molecule has 23 heavy (non-hydrogen) atoms. The lowest BCUT2D eigenvalue weighted by atomic mass is 10.00. The van der Waals surface area contributed by atoms with Crippen molar-refractivity contribution in [2.24, 2.45) is 16.6 Å². The summed E-state index contributed by atoms with van der Waals surface area (Å²) in [7, 11) is 0. The molecule has 2 aromatic rings. The second kappa shape index (κ2) is 7.02. The number of aryl methyl sites for hydroxylation is 2. The minimum absolute atomic E-state index is 0.712. The fraction of sp³-hybridized carbons (Fsp3) is 0.556. The highest BCUT2D eigenvalue weighted by Gasteiger charge is 2.16. The molecule has 1 aliphatic rings. The lowest BCUT2D eigenvalue weighted by molar-refractivity contribution is 0.277. The highest BCUT2D eigenvalue weighted by molar-refractivity contribution is 5.78. The number of guanidine groups is 1. The standard InChI is InChI=1S/C18H27N5/c1-14-8-12-22(13-9-14)18(19)20-10-5-11-23-15(2)21-16-6-3-4-7-17(16)23/h3-4,6-7,14H,5,8-13H2,1-2H3,(H2,19,20). The van der Waals surface area contributed by atoms with Gasteiger partial charge in [0.25, 0.3) is 0 Å². The number of hydrogen-bond donors (Lipinski definition) is 1. The van der Waals surface area contributed by atoms with Crippen LogP contribution in [0.25, 0.3) is 11.0 Å². The molecule has 3 rings (SSSR count). The molecule has 1 aromatic heterocycles. The van der Waals surface area contributed by atoms with Crippen molar-refractivity contribution < 1.29 is 0 Å². The largest absolute Gasteiger partial charge is 0.370 e. The highest BCUT2D eigenvalue weighted by atomic mass is 15.3. The Kier molecular flexibility index (Phi) is 4.84. The maximum absolute atomic E-state index is 6.13. The molecule has 0 spiro atoms. The number of imidazole rings is 1. The number of rotatable bonds is 4. The van der Waals surface area contributed by atoms with Crippen molar-refractivity contribution in [2.45, 2.75) is 39.7 Å². The van der Waals surface area contributed by atoms with E-state index in [0.717, 1.165) is 49.9 Å². The fourth-order valence-electron chi connectivity index (χ4n) is 3.24. The van der Waals surface area contributed by atoms with Gasteiger partial charge in [-0.05, 0) is 44.2 Å². The SMILES string of the molecule is Cc1nc2ccccc2n1CCCN=C(N)N1CCC(C)CC1. The Balaban J connectivity index is 1.54. The van der Waals surface area contributed by atoms with Crippen molar-refractivity contribution >= 4 is 17.0 Å². The summed E-state index contributed by atoms with van der Waals surface area (Å²) in [6.45, 7) is 8.16. The Morgan fingerprint density at radius 1 is 1.30 bits per heavy atom. The van der Waals surface area contributed by atoms with E-state index in [0.29, 0.717) is 5.96 Å². The van der Waals surface area contributed by atoms with Crippen LogP contribution in [0.2, 0.25) is 0 Å². The maximum atomic E-state index is 6.13. The average Bonchev–Trinajstić information content (AvgIpc) is 2.87. The molecule has 2 heterocycles. The van der Waals surface area contributed by atoms with E-state index in [4.69, 9.17) is 5.73 Å². The highest BCUT2D eigenvalue weighted by Crippen LogP contribution is 2.16. The van der Waals surface area contributed by atoms with E-state index in [2.05, 4.69) is 51.5 Å². The average molecular weight is 313 g/mol. The zero-order valence-electron chi connectivity index (χ0n) is 14.2. The van der Waals surface area contributed by atoms with Crippen LogP contribution in [-0.2, 0) is 6.54 Å². The van der Waals surface area contributed by atoms with Crippen LogP contribution in [0.1, 0.15) is 32.0 Å². The summed E-state index contributed by atoms with van der Waals surface area (Å²) in [6.07, 6.45) is 3.42. The third kappa shape index (κ3) is 3.66. The van der Waals surface area contributed by atoms with Gasteiger partial charge in [-0.3, -0.25) is 4.99 Å². The van der Waals surface area contributed by atoms with Crippen LogP contribution >= 0.6 is 0 Å². The number of aliphatic imine (C=N–C) groups is 1. The summed E-state index contributed by atoms with van der Waals surface area (Å²) in [4.78, 5) is 11.4. The first-order valence-corrected chi connectivity index (χ1v) is 8.62. The van der Waals surface area contributed by atoms with Crippen LogP contribution in [0.15, 0.2) is 29.3 Å². The smallest absolute Gasteiger partial charge is 0.191 e. The number of aromatic nitrogens is 2. The third-order valence-corrected chi connectivity index (χ3v) is 4.77. The van der Waals surface area contributed by atoms with Crippen LogP contribution in [0.4, 0.5) is 0 Å². The minimum atomic E-state index is 0.712. The van der Waals surface area contributed by atoms with Crippen LogP contribution in [0.5, 0.6) is 0 Å². The molecule has 2 N–H and O–H groups in total. The molecule has 1 aliphatic heterocycles. The van der Waals surface area contributed by atoms with Crippen molar-refractivity contribution in [3.8, 4) is 0 Å². The van der Waals surface area contributed by atoms with Crippen LogP contribution < -0.4 is 5.73 Å². The van der Waals surface area contributed by atoms with Crippen molar-refractivity contribution in [3.63, 3.8) is 0 Å². The number of fused-ring (bicyclic) bond motifs is 1. The second-order valence-corrected chi connectivity index (χ2v) is 6.56. The van der Waals surface area contributed by atoms with Gasteiger partial charge >= 0.3 is 0 Å². The third-order valence-electron chi connectivity index (χ3n) is 4.77. The van der Waals surface area contributed by atoms with Crippen LogP contribution in [-0.4, -0.2) is 40.0 Å². The van der Waals surface area contributed by atoms with Crippen LogP contribution in [0.3, 0.4) is 0 Å². The van der Waals surface area contributed by atoms with E-state index >= 15 is 0 Å². The van der Waals surface area contributed by atoms with Gasteiger partial charge in [0, 0.05) is 26.2 Å². The quantitative estimate of drug-likeness (QED) is 0.536. The molecule has 1 saturated heterocycles. The molecule has 124 valence electrons. The molecule has 5 heteroatoms. The molecule has 0 amide bonds. The van der Waals surface area contributed by atoms with E-state index in [9.17, 15) is 0 Å². The zero-order valence-corrected chi connectivity index (χ0v) is 14.2. The van der Waals surface area contributed by atoms with Gasteiger partial charge in [-0.15, -0.1) is 0 Å². The second-order valence-electron chi connectivity index (χ2n) is 6.56. The van der Waals surface area contributed by atoms with E-state index in [1.165, 1.54) is 18.4 Å². The van der Waals surface area contributed by atoms with Crippen molar-refractivity contribution in [2.75, 3.05) is 19.6 Å². The molecule has 1 fully saturated rings. The predicted molar refractivity (Wildman–Crippen MR) is 95.5 cm³/mol. The molecule has 0 aliphatic carbocycles. The first kappa shape index (κ1) is 15.8. The molecule has 0 radical (unpaired) electrons. The molecule has 0 saturated carbocycles. The van der Waals surface area contributed by atoms with Gasteiger partial charge in [0.1, 0.15) is 5.82 Å². The molecule has 5 nitrogen and oxygen atoms in total. The minimum Gasteiger partial charge on any atom is -0.370 e. The Bertz CT molecular complexity index is 680. The number of benzene rings is 1. The summed E-state index contributed by atoms with van der Waals surface area (Å²) >= 11 is 0. The van der Waals surface area contributed by atoms with E-state index < -0.39 is 0 Å². The monoisotopic (exact) mass is 313 g/mol. The molecule has 0 atom stereocenters. The number of piperidine rings is 1. The predicted octanol–water partition coefficient (Wildman–Crippen LogP) is 2.78. The summed E-state index contributed by atoms with van der Waals surface area (Å²) in [6, 6.07) is 8.28. The van der Waals surface area contributed by atoms with Crippen LogP contribution in [0, 0.1) is 12.8 Å². The number of nitrogens with zero attached hydrogens (tertiary/aromatic N) is 4. The molecule has 0 bridgehead atoms. The van der Waals surface area contributed by atoms with Gasteiger partial charge in [0.2, 0.25) is 0 Å². The summed E-state index contributed by atoms with van der Waals surface area (Å²) in [5.74, 6) is 2.59. The van der Waals surface area contributed by atoms with Crippen molar-refractivity contribution in [1.82, 2.24) is 14.5 Å². The van der Waals surface area contributed by atoms with Gasteiger partial charge in [0.05, 0.1) is 11.0 Å². The lowest BCUT2D eigenvalue weighted by Gasteiger charge is -2.31. The fourth-order valence-corrected chi connectivity index (χ4v) is 3.24. The maximum Gasteiger partial charge on any atom is 0.191 e. The van der Waals surface area contributed by atoms with Gasteiger partial charge in [-0.2, -0.15) is 0 Å². The Labute approximate surface area is 138 Å². The number of likely N-dealkylation sites (tertiary alicyclic amines) is 1. The summed E-state index contributed by atoms with van der Waals surface area (Å²) in [5.41, 5.74) is 8.40. The lowest BCUT2D eigenvalue weighted by Crippen LogP contribution is -2.42. The first-order chi connectivity index (χ1) is 11.1. The van der Waals surface area contributed by atoms with Crippen molar-refractivity contribution in [1.29, 1.82) is 0 Å². The Hall–Kier alpha value is -2.04. The number of para-hydroxylation sites is 2.